The first kappa shape index (κ1) is 22.6. The van der Waals surface area contributed by atoms with E-state index in [1.807, 2.05) is 0 Å². The molecule has 0 saturated carbocycles. The van der Waals surface area contributed by atoms with Gasteiger partial charge in [-0.05, 0) is 42.8 Å². The molecule has 2 aromatic carbocycles. The summed E-state index contributed by atoms with van der Waals surface area (Å²) in [5.41, 5.74) is 0.880. The molecule has 0 radical (unpaired) electrons. The molecule has 2 heterocycles. The summed E-state index contributed by atoms with van der Waals surface area (Å²) in [4.78, 5) is 25.1. The first-order valence-electron chi connectivity index (χ1n) is 9.80. The van der Waals surface area contributed by atoms with Crippen molar-refractivity contribution < 1.29 is 32.2 Å². The number of rotatable bonds is 6. The quantitative estimate of drug-likeness (QED) is 0.508. The fraction of sp³-hybridized carbons (Fsp3) is 0.182. The number of nitrogens with one attached hydrogen (secondary N) is 2. The molecule has 3 aromatic rings. The number of thiophene rings is 1. The number of para-hydroxylation sites is 1. The highest BCUT2D eigenvalue weighted by molar-refractivity contribution is 7.92. The van der Waals surface area contributed by atoms with Crippen LogP contribution < -0.4 is 19.5 Å². The SMILES string of the molecule is COC(=O)c1sc(NC(=O)c2ccccc2NS(=O)(=O)c2ccc3c(c2)OCCO3)cc1C. The van der Waals surface area contributed by atoms with Gasteiger partial charge in [-0.1, -0.05) is 12.1 Å². The predicted octanol–water partition coefficient (Wildman–Crippen LogP) is 3.67. The third-order valence-corrected chi connectivity index (χ3v) is 7.26. The lowest BCUT2D eigenvalue weighted by molar-refractivity contribution is 0.0605. The number of carbonyl (C=O) groups excluding carboxylic acids is 2. The van der Waals surface area contributed by atoms with E-state index >= 15 is 0 Å². The molecule has 4 rings (SSSR count). The maximum atomic E-state index is 13.0. The van der Waals surface area contributed by atoms with Crippen molar-refractivity contribution in [3.05, 3.63) is 64.5 Å². The van der Waals surface area contributed by atoms with Crippen molar-refractivity contribution in [2.75, 3.05) is 30.4 Å². The van der Waals surface area contributed by atoms with Crippen LogP contribution in [0, 0.1) is 6.92 Å². The zero-order valence-electron chi connectivity index (χ0n) is 17.7. The maximum absolute atomic E-state index is 13.0. The number of hydrogen-bond acceptors (Lipinski definition) is 8. The highest BCUT2D eigenvalue weighted by Gasteiger charge is 2.22. The molecule has 1 aliphatic heterocycles. The second-order valence-electron chi connectivity index (χ2n) is 7.03. The Balaban J connectivity index is 1.57. The van der Waals surface area contributed by atoms with Gasteiger partial charge in [-0.25, -0.2) is 13.2 Å². The van der Waals surface area contributed by atoms with E-state index in [0.29, 0.717) is 40.2 Å². The van der Waals surface area contributed by atoms with Gasteiger partial charge in [0.05, 0.1) is 28.3 Å². The van der Waals surface area contributed by atoms with Crippen LogP contribution in [0.25, 0.3) is 0 Å². The molecule has 0 bridgehead atoms. The number of ether oxygens (including phenoxy) is 3. The van der Waals surface area contributed by atoms with E-state index in [4.69, 9.17) is 14.2 Å². The summed E-state index contributed by atoms with van der Waals surface area (Å²) in [7, 11) is -2.74. The standard InChI is InChI=1S/C22H20N2O7S2/c1-13-11-19(32-20(13)22(26)29-2)23-21(25)15-5-3-4-6-16(15)24-33(27,28)14-7-8-17-18(12-14)31-10-9-30-17/h3-8,11-12,24H,9-10H2,1-2H3,(H,23,25). The molecule has 1 aliphatic rings. The summed E-state index contributed by atoms with van der Waals surface area (Å²) < 4.78 is 44.1. The van der Waals surface area contributed by atoms with Gasteiger partial charge in [0, 0.05) is 6.07 Å². The molecule has 0 fully saturated rings. The van der Waals surface area contributed by atoms with E-state index in [1.54, 1.807) is 25.1 Å². The molecule has 1 amide bonds. The van der Waals surface area contributed by atoms with Gasteiger partial charge in [0.2, 0.25) is 0 Å². The first-order valence-corrected chi connectivity index (χ1v) is 12.1. The van der Waals surface area contributed by atoms with Gasteiger partial charge in [-0.3, -0.25) is 9.52 Å². The number of aryl methyl sites for hydroxylation is 1. The summed E-state index contributed by atoms with van der Waals surface area (Å²) in [6.45, 7) is 2.45. The van der Waals surface area contributed by atoms with Gasteiger partial charge in [-0.15, -0.1) is 11.3 Å². The number of benzene rings is 2. The topological polar surface area (TPSA) is 120 Å². The molecule has 33 heavy (non-hydrogen) atoms. The number of esters is 1. The lowest BCUT2D eigenvalue weighted by Gasteiger charge is -2.19. The molecule has 172 valence electrons. The van der Waals surface area contributed by atoms with E-state index in [1.165, 1.54) is 37.4 Å². The monoisotopic (exact) mass is 488 g/mol. The number of methoxy groups -OCH3 is 1. The minimum atomic E-state index is -4.02. The summed E-state index contributed by atoms with van der Waals surface area (Å²) in [6.07, 6.45) is 0. The average Bonchev–Trinajstić information content (AvgIpc) is 3.18. The van der Waals surface area contributed by atoms with Gasteiger partial charge in [0.15, 0.2) is 11.5 Å². The summed E-state index contributed by atoms with van der Waals surface area (Å²) >= 11 is 1.07. The second kappa shape index (κ2) is 9.12. The molecule has 0 saturated heterocycles. The van der Waals surface area contributed by atoms with Crippen molar-refractivity contribution in [1.29, 1.82) is 0 Å². The highest BCUT2D eigenvalue weighted by atomic mass is 32.2. The van der Waals surface area contributed by atoms with Crippen LogP contribution in [0.4, 0.5) is 10.7 Å². The van der Waals surface area contributed by atoms with E-state index in [0.717, 1.165) is 11.3 Å². The predicted molar refractivity (Wildman–Crippen MR) is 123 cm³/mol. The molecule has 11 heteroatoms. The smallest absolute Gasteiger partial charge is 0.348 e. The molecule has 0 aliphatic carbocycles. The minimum Gasteiger partial charge on any atom is -0.486 e. The van der Waals surface area contributed by atoms with Crippen LogP contribution in [-0.4, -0.2) is 40.6 Å². The largest absolute Gasteiger partial charge is 0.486 e. The Hall–Kier alpha value is -3.57. The van der Waals surface area contributed by atoms with Crippen LogP contribution in [0.5, 0.6) is 11.5 Å². The molecule has 0 unspecified atom stereocenters. The first-order chi connectivity index (χ1) is 15.8. The van der Waals surface area contributed by atoms with Gasteiger partial charge >= 0.3 is 5.97 Å². The number of hydrogen-bond donors (Lipinski definition) is 2. The summed E-state index contributed by atoms with van der Waals surface area (Å²) in [5, 5.41) is 3.14. The van der Waals surface area contributed by atoms with Crippen LogP contribution in [-0.2, 0) is 14.8 Å². The zero-order chi connectivity index (χ0) is 23.6. The van der Waals surface area contributed by atoms with Crippen LogP contribution in [0.3, 0.4) is 0 Å². The number of sulfonamides is 1. The van der Waals surface area contributed by atoms with Crippen LogP contribution >= 0.6 is 11.3 Å². The van der Waals surface area contributed by atoms with Crippen molar-refractivity contribution in [1.82, 2.24) is 0 Å². The molecule has 2 N–H and O–H groups in total. The van der Waals surface area contributed by atoms with E-state index in [-0.39, 0.29) is 16.1 Å². The van der Waals surface area contributed by atoms with E-state index < -0.39 is 21.9 Å². The second-order valence-corrected chi connectivity index (χ2v) is 9.76. The molecule has 1 aromatic heterocycles. The molecule has 0 atom stereocenters. The fourth-order valence-corrected chi connectivity index (χ4v) is 5.26. The van der Waals surface area contributed by atoms with Crippen molar-refractivity contribution in [2.45, 2.75) is 11.8 Å². The Morgan fingerprint density at radius 2 is 1.76 bits per heavy atom. The Labute approximate surface area is 194 Å². The van der Waals surface area contributed by atoms with Crippen molar-refractivity contribution in [3.63, 3.8) is 0 Å². The lowest BCUT2D eigenvalue weighted by Crippen LogP contribution is -2.19. The van der Waals surface area contributed by atoms with Crippen LogP contribution in [0.15, 0.2) is 53.4 Å². The van der Waals surface area contributed by atoms with Crippen LogP contribution in [0.2, 0.25) is 0 Å². The highest BCUT2D eigenvalue weighted by Crippen LogP contribution is 2.33. The number of fused-ring (bicyclic) bond motifs is 1. The molecular weight excluding hydrogens is 468 g/mol. The third kappa shape index (κ3) is 4.78. The zero-order valence-corrected chi connectivity index (χ0v) is 19.3. The van der Waals surface area contributed by atoms with Gasteiger partial charge < -0.3 is 19.5 Å². The number of amides is 1. The van der Waals surface area contributed by atoms with Gasteiger partial charge in [0.1, 0.15) is 18.1 Å². The molecule has 0 spiro atoms. The summed E-state index contributed by atoms with van der Waals surface area (Å²) in [5.74, 6) is -0.221. The van der Waals surface area contributed by atoms with Crippen molar-refractivity contribution >= 4 is 43.9 Å². The molecular formula is C22H20N2O7S2. The Kier molecular flexibility index (Phi) is 6.25. The summed E-state index contributed by atoms with van der Waals surface area (Å²) in [6, 6.07) is 12.2. The van der Waals surface area contributed by atoms with Gasteiger partial charge in [-0.2, -0.15) is 0 Å². The Morgan fingerprint density at radius 1 is 1.03 bits per heavy atom. The third-order valence-electron chi connectivity index (χ3n) is 4.77. The number of anilines is 2. The van der Waals surface area contributed by atoms with E-state index in [2.05, 4.69) is 10.0 Å². The minimum absolute atomic E-state index is 0.0291. The average molecular weight is 489 g/mol. The van der Waals surface area contributed by atoms with Gasteiger partial charge in [0.25, 0.3) is 15.9 Å². The molecule has 9 nitrogen and oxygen atoms in total. The van der Waals surface area contributed by atoms with E-state index in [9.17, 15) is 18.0 Å². The van der Waals surface area contributed by atoms with Crippen LogP contribution in [0.1, 0.15) is 25.6 Å². The maximum Gasteiger partial charge on any atom is 0.348 e. The number of carbonyl (C=O) groups is 2. The lowest BCUT2D eigenvalue weighted by atomic mass is 10.1. The fourth-order valence-electron chi connectivity index (χ4n) is 3.18. The Morgan fingerprint density at radius 3 is 2.52 bits per heavy atom. The Bertz CT molecular complexity index is 1330. The normalized spacial score (nSPS) is 12.7. The van der Waals surface area contributed by atoms with Crippen molar-refractivity contribution in [3.8, 4) is 11.5 Å². The van der Waals surface area contributed by atoms with Crippen molar-refractivity contribution in [2.24, 2.45) is 0 Å².